The van der Waals surface area contributed by atoms with Gasteiger partial charge in [0.05, 0.1) is 20.9 Å². The van der Waals surface area contributed by atoms with E-state index in [1.807, 2.05) is 38.2 Å². The summed E-state index contributed by atoms with van der Waals surface area (Å²) < 4.78 is 31.9. The molecule has 184 valence electrons. The number of alkyl halides is 2. The number of nitrogens with zero attached hydrogens (tertiary/aromatic N) is 2. The summed E-state index contributed by atoms with van der Waals surface area (Å²) in [5.74, 6) is 1.18. The summed E-state index contributed by atoms with van der Waals surface area (Å²) in [6, 6.07) is 14.3. The van der Waals surface area contributed by atoms with Crippen LogP contribution in [0.5, 0.6) is 5.75 Å². The number of fused-ring (bicyclic) bond motifs is 3. The van der Waals surface area contributed by atoms with Gasteiger partial charge < -0.3 is 15.4 Å². The van der Waals surface area contributed by atoms with E-state index in [9.17, 15) is 8.78 Å². The Morgan fingerprint density at radius 3 is 2.63 bits per heavy atom. The standard InChI is InChI=1S/C27H30F2N3O2P/c1-17-5-10-22-23-15-19(16-31-25(23)26(30)32-24(22)13-17)6-7-20-8-9-21(14-18(20)2)34-12-4-3-11-27(28,29)35-33/h5,8-10,13-16,33,35H,3-4,6-7,11-12H2,1-2H3,(H2,30,32). The molecule has 35 heavy (non-hydrogen) atoms. The SMILES string of the molecule is Cc1ccc2c(c1)nc(N)c1ncc(CCc3ccc(OCCCCC(F)(F)PO)cc3C)cc12. The highest BCUT2D eigenvalue weighted by Crippen LogP contribution is 2.36. The lowest BCUT2D eigenvalue weighted by Gasteiger charge is -2.13. The second-order valence-electron chi connectivity index (χ2n) is 8.97. The zero-order valence-corrected chi connectivity index (χ0v) is 20.9. The minimum Gasteiger partial charge on any atom is -0.494 e. The van der Waals surface area contributed by atoms with Crippen LogP contribution < -0.4 is 10.5 Å². The predicted octanol–water partition coefficient (Wildman–Crippen LogP) is 6.49. The average molecular weight is 498 g/mol. The van der Waals surface area contributed by atoms with Crippen molar-refractivity contribution in [2.45, 2.75) is 51.6 Å². The Hall–Kier alpha value is -2.89. The van der Waals surface area contributed by atoms with E-state index < -0.39 is 14.5 Å². The number of hydrogen-bond donors (Lipinski definition) is 2. The third kappa shape index (κ3) is 6.22. The Kier molecular flexibility index (Phi) is 7.78. The quantitative estimate of drug-likeness (QED) is 0.149. The molecule has 0 bridgehead atoms. The van der Waals surface area contributed by atoms with Crippen molar-refractivity contribution >= 4 is 36.4 Å². The van der Waals surface area contributed by atoms with E-state index in [1.54, 1.807) is 0 Å². The number of benzene rings is 2. The van der Waals surface area contributed by atoms with Crippen LogP contribution in [0.3, 0.4) is 0 Å². The zero-order valence-electron chi connectivity index (χ0n) is 19.9. The largest absolute Gasteiger partial charge is 0.494 e. The minimum absolute atomic E-state index is 0.314. The first-order valence-electron chi connectivity index (χ1n) is 11.7. The van der Waals surface area contributed by atoms with Gasteiger partial charge in [-0.3, -0.25) is 4.98 Å². The number of aromatic nitrogens is 2. The molecular formula is C27H30F2N3O2P. The lowest BCUT2D eigenvalue weighted by Crippen LogP contribution is -2.08. The number of nitrogens with two attached hydrogens (primary N) is 1. The fourth-order valence-corrected chi connectivity index (χ4v) is 4.50. The summed E-state index contributed by atoms with van der Waals surface area (Å²) in [7, 11) is -1.34. The summed E-state index contributed by atoms with van der Waals surface area (Å²) in [6.07, 6.45) is 4.07. The number of ether oxygens (including phenoxy) is 1. The van der Waals surface area contributed by atoms with Crippen molar-refractivity contribution in [2.24, 2.45) is 0 Å². The molecule has 4 rings (SSSR count). The molecule has 0 aliphatic heterocycles. The molecule has 2 heterocycles. The topological polar surface area (TPSA) is 81.3 Å². The second kappa shape index (κ2) is 10.8. The molecule has 4 aromatic rings. The number of nitrogen functional groups attached to an aromatic ring is 1. The highest BCUT2D eigenvalue weighted by atomic mass is 31.1. The average Bonchev–Trinajstić information content (AvgIpc) is 2.83. The van der Waals surface area contributed by atoms with Gasteiger partial charge in [0.15, 0.2) is 5.82 Å². The van der Waals surface area contributed by atoms with E-state index in [2.05, 4.69) is 34.2 Å². The first-order valence-corrected chi connectivity index (χ1v) is 12.7. The number of hydrogen-bond acceptors (Lipinski definition) is 5. The van der Waals surface area contributed by atoms with Crippen LogP contribution in [0.4, 0.5) is 14.6 Å². The second-order valence-corrected chi connectivity index (χ2v) is 9.92. The first-order chi connectivity index (χ1) is 16.8. The van der Waals surface area contributed by atoms with Crippen molar-refractivity contribution in [3.05, 3.63) is 70.9 Å². The molecule has 0 amide bonds. The van der Waals surface area contributed by atoms with E-state index >= 15 is 0 Å². The Balaban J connectivity index is 1.39. The number of anilines is 1. The number of unbranched alkanes of at least 4 members (excludes halogenated alkanes) is 1. The molecule has 2 aromatic heterocycles. The van der Waals surface area contributed by atoms with Crippen LogP contribution >= 0.6 is 8.81 Å². The molecule has 2 aromatic carbocycles. The van der Waals surface area contributed by atoms with Crippen LogP contribution in [-0.4, -0.2) is 27.1 Å². The van der Waals surface area contributed by atoms with Crippen LogP contribution in [0.2, 0.25) is 0 Å². The van der Waals surface area contributed by atoms with Gasteiger partial charge >= 0.3 is 0 Å². The van der Waals surface area contributed by atoms with Gasteiger partial charge in [0, 0.05) is 23.4 Å². The molecule has 0 radical (unpaired) electrons. The van der Waals surface area contributed by atoms with E-state index in [0.29, 0.717) is 25.3 Å². The van der Waals surface area contributed by atoms with E-state index in [1.165, 1.54) is 5.56 Å². The molecular weight excluding hydrogens is 467 g/mol. The molecule has 5 nitrogen and oxygen atoms in total. The van der Waals surface area contributed by atoms with Gasteiger partial charge in [0.1, 0.15) is 11.3 Å². The lowest BCUT2D eigenvalue weighted by atomic mass is 9.99. The molecule has 1 unspecified atom stereocenters. The number of rotatable bonds is 10. The fourth-order valence-electron chi connectivity index (χ4n) is 4.21. The Morgan fingerprint density at radius 2 is 1.86 bits per heavy atom. The van der Waals surface area contributed by atoms with Crippen molar-refractivity contribution < 1.29 is 18.4 Å². The minimum atomic E-state index is -2.98. The van der Waals surface area contributed by atoms with Crippen LogP contribution in [0.25, 0.3) is 21.8 Å². The Morgan fingerprint density at radius 1 is 1.03 bits per heavy atom. The predicted molar refractivity (Wildman–Crippen MR) is 140 cm³/mol. The number of aryl methyl sites for hydroxylation is 4. The maximum absolute atomic E-state index is 13.1. The van der Waals surface area contributed by atoms with Crippen LogP contribution in [0.1, 0.15) is 41.5 Å². The summed E-state index contributed by atoms with van der Waals surface area (Å²) in [6.45, 7) is 4.46. The molecule has 3 N–H and O–H groups in total. The number of halogens is 2. The van der Waals surface area contributed by atoms with Gasteiger partial charge in [0.2, 0.25) is 0 Å². The highest BCUT2D eigenvalue weighted by Gasteiger charge is 2.26. The van der Waals surface area contributed by atoms with Gasteiger partial charge in [-0.2, -0.15) is 8.78 Å². The molecule has 0 spiro atoms. The van der Waals surface area contributed by atoms with Crippen LogP contribution in [0, 0.1) is 13.8 Å². The smallest absolute Gasteiger partial charge is 0.286 e. The zero-order chi connectivity index (χ0) is 25.0. The monoisotopic (exact) mass is 497 g/mol. The van der Waals surface area contributed by atoms with Gasteiger partial charge in [0.25, 0.3) is 5.66 Å². The van der Waals surface area contributed by atoms with Crippen molar-refractivity contribution in [1.29, 1.82) is 0 Å². The van der Waals surface area contributed by atoms with E-state index in [0.717, 1.165) is 57.1 Å². The summed E-state index contributed by atoms with van der Waals surface area (Å²) >= 11 is 0. The lowest BCUT2D eigenvalue weighted by molar-refractivity contribution is 0.0788. The molecule has 0 fully saturated rings. The normalized spacial score (nSPS) is 12.3. The summed E-state index contributed by atoms with van der Waals surface area (Å²) in [5, 5.41) is 2.06. The van der Waals surface area contributed by atoms with Gasteiger partial charge in [-0.05, 0) is 86.1 Å². The summed E-state index contributed by atoms with van der Waals surface area (Å²) in [5.41, 5.74) is 9.40. The molecule has 0 aliphatic rings. The maximum Gasteiger partial charge on any atom is 0.286 e. The van der Waals surface area contributed by atoms with Crippen molar-refractivity contribution in [3.63, 3.8) is 0 Å². The van der Waals surface area contributed by atoms with Crippen LogP contribution in [0.15, 0.2) is 48.7 Å². The van der Waals surface area contributed by atoms with Crippen LogP contribution in [-0.2, 0) is 12.8 Å². The van der Waals surface area contributed by atoms with Crippen molar-refractivity contribution in [2.75, 3.05) is 12.3 Å². The van der Waals surface area contributed by atoms with Gasteiger partial charge in [-0.1, -0.05) is 18.2 Å². The fraction of sp³-hybridized carbons (Fsp3) is 0.333. The Labute approximate surface area is 205 Å². The summed E-state index contributed by atoms with van der Waals surface area (Å²) in [4.78, 5) is 17.8. The molecule has 0 saturated heterocycles. The van der Waals surface area contributed by atoms with Crippen molar-refractivity contribution in [1.82, 2.24) is 9.97 Å². The van der Waals surface area contributed by atoms with Gasteiger partial charge in [-0.25, -0.2) is 4.98 Å². The first kappa shape index (κ1) is 25.2. The molecule has 0 saturated carbocycles. The van der Waals surface area contributed by atoms with Gasteiger partial charge in [-0.15, -0.1) is 0 Å². The van der Waals surface area contributed by atoms with Crippen molar-refractivity contribution in [3.8, 4) is 5.75 Å². The third-order valence-corrected chi connectivity index (χ3v) is 6.76. The van der Waals surface area contributed by atoms with E-state index in [-0.39, 0.29) is 6.42 Å². The maximum atomic E-state index is 13.1. The molecule has 0 aliphatic carbocycles. The molecule has 1 atom stereocenters. The highest BCUT2D eigenvalue weighted by molar-refractivity contribution is 7.32. The van der Waals surface area contributed by atoms with E-state index in [4.69, 9.17) is 15.4 Å². The number of pyridine rings is 2. The Bertz CT molecular complexity index is 1350. The third-order valence-electron chi connectivity index (χ3n) is 6.19. The molecule has 8 heteroatoms.